The quantitative estimate of drug-likeness (QED) is 0.413. The maximum atomic E-state index is 5.76. The fourth-order valence-electron chi connectivity index (χ4n) is 1.83. The van der Waals surface area contributed by atoms with Crippen LogP contribution in [0.1, 0.15) is 13.8 Å². The van der Waals surface area contributed by atoms with Crippen LogP contribution in [0.25, 0.3) is 0 Å². The zero-order chi connectivity index (χ0) is 10.4. The molecule has 1 rings (SSSR count). The molecule has 0 saturated carbocycles. The summed E-state index contributed by atoms with van der Waals surface area (Å²) in [7, 11) is -0.659. The third-order valence-corrected chi connectivity index (χ3v) is 5.37. The molecular weight excluding hydrogens is 194 g/mol. The highest BCUT2D eigenvalue weighted by Crippen LogP contribution is 2.25. The molecule has 0 unspecified atom stereocenters. The van der Waals surface area contributed by atoms with Gasteiger partial charge < -0.3 is 9.47 Å². The molecule has 0 aromatic carbocycles. The van der Waals surface area contributed by atoms with Gasteiger partial charge in [-0.05, 0) is 32.5 Å². The van der Waals surface area contributed by atoms with Crippen LogP contribution in [-0.4, -0.2) is 34.1 Å². The smallest absolute Gasteiger partial charge is 0.203 e. The first kappa shape index (κ1) is 11.9. The van der Waals surface area contributed by atoms with E-state index in [0.717, 1.165) is 12.6 Å². The largest absolute Gasteiger partial charge is 0.342 e. The summed E-state index contributed by atoms with van der Waals surface area (Å²) in [6.07, 6.45) is 1.98. The number of nitrogens with one attached hydrogen (secondary N) is 1. The lowest BCUT2D eigenvalue weighted by Crippen LogP contribution is -2.55. The Morgan fingerprint density at radius 3 is 2.57 bits per heavy atom. The predicted molar refractivity (Wildman–Crippen MR) is 59.6 cm³/mol. The molecule has 0 aliphatic carbocycles. The normalized spacial score (nSPS) is 21.3. The van der Waals surface area contributed by atoms with Crippen LogP contribution in [0.4, 0.5) is 0 Å². The van der Waals surface area contributed by atoms with Crippen molar-refractivity contribution < 1.29 is 9.47 Å². The topological polar surface area (TPSA) is 30.5 Å². The van der Waals surface area contributed by atoms with Crippen molar-refractivity contribution in [2.24, 2.45) is 0 Å². The number of ether oxygens (including phenoxy) is 2. The Morgan fingerprint density at radius 2 is 2.07 bits per heavy atom. The highest BCUT2D eigenvalue weighted by molar-refractivity contribution is 6.62. The lowest BCUT2D eigenvalue weighted by Gasteiger charge is -2.33. The lowest BCUT2D eigenvalue weighted by atomic mass is 10.7. The average Bonchev–Trinajstić information content (AvgIpc) is 2.51. The molecule has 1 saturated heterocycles. The Balaban J connectivity index is 2.66. The summed E-state index contributed by atoms with van der Waals surface area (Å²) in [6, 6.07) is 2.23. The number of allylic oxidation sites excluding steroid dienone is 1. The molecule has 0 aromatic rings. The number of hydrogen-bond donors (Lipinski definition) is 1. The molecule has 0 bridgehead atoms. The second kappa shape index (κ2) is 5.65. The van der Waals surface area contributed by atoms with Crippen molar-refractivity contribution in [2.45, 2.75) is 31.5 Å². The van der Waals surface area contributed by atoms with Gasteiger partial charge in [0.1, 0.15) is 0 Å². The van der Waals surface area contributed by atoms with Crippen LogP contribution in [0.5, 0.6) is 0 Å². The van der Waals surface area contributed by atoms with E-state index < -0.39 is 14.3 Å². The third-order valence-electron chi connectivity index (χ3n) is 2.34. The fraction of sp³-hybridized carbons (Fsp3) is 0.800. The van der Waals surface area contributed by atoms with Gasteiger partial charge in [0.2, 0.25) is 5.53 Å². The van der Waals surface area contributed by atoms with Crippen LogP contribution < -0.4 is 5.32 Å². The Hall–Kier alpha value is -0.163. The van der Waals surface area contributed by atoms with Crippen LogP contribution in [0.2, 0.25) is 12.1 Å². The van der Waals surface area contributed by atoms with E-state index in [4.69, 9.17) is 9.47 Å². The van der Waals surface area contributed by atoms with Crippen molar-refractivity contribution in [3.05, 3.63) is 12.7 Å². The van der Waals surface area contributed by atoms with Gasteiger partial charge in [-0.1, -0.05) is 6.08 Å². The summed E-state index contributed by atoms with van der Waals surface area (Å²) in [5.74, 6) is 0. The van der Waals surface area contributed by atoms with Gasteiger partial charge in [-0.2, -0.15) is 0 Å². The molecule has 0 atom stereocenters. The Labute approximate surface area is 88.1 Å². The summed E-state index contributed by atoms with van der Waals surface area (Å²) in [5.41, 5.74) is -0.456. The van der Waals surface area contributed by atoms with Crippen molar-refractivity contribution >= 4 is 8.80 Å². The van der Waals surface area contributed by atoms with Crippen molar-refractivity contribution in [1.82, 2.24) is 5.32 Å². The Bertz CT molecular complexity index is 181. The fourth-order valence-corrected chi connectivity index (χ4v) is 4.48. The van der Waals surface area contributed by atoms with E-state index in [1.165, 1.54) is 6.04 Å². The van der Waals surface area contributed by atoms with E-state index in [0.29, 0.717) is 13.2 Å². The van der Waals surface area contributed by atoms with Crippen LogP contribution in [0.15, 0.2) is 12.7 Å². The molecule has 1 radical (unpaired) electrons. The van der Waals surface area contributed by atoms with Crippen LogP contribution in [0, 0.1) is 0 Å². The second-order valence-electron chi connectivity index (χ2n) is 3.26. The molecule has 1 heterocycles. The first-order valence-electron chi connectivity index (χ1n) is 5.28. The molecule has 81 valence electrons. The number of rotatable bonds is 6. The average molecular weight is 214 g/mol. The monoisotopic (exact) mass is 214 g/mol. The molecule has 14 heavy (non-hydrogen) atoms. The van der Waals surface area contributed by atoms with Crippen LogP contribution in [-0.2, 0) is 9.47 Å². The molecule has 1 N–H and O–H groups in total. The zero-order valence-corrected chi connectivity index (χ0v) is 10.1. The Morgan fingerprint density at radius 1 is 1.43 bits per heavy atom. The van der Waals surface area contributed by atoms with Crippen LogP contribution in [0.3, 0.4) is 0 Å². The molecule has 0 amide bonds. The molecular formula is C10H20NO2Si. The summed E-state index contributed by atoms with van der Waals surface area (Å²) < 4.78 is 11.5. The van der Waals surface area contributed by atoms with E-state index >= 15 is 0 Å². The van der Waals surface area contributed by atoms with Gasteiger partial charge in [-0.15, -0.1) is 6.58 Å². The minimum atomic E-state index is -0.659. The predicted octanol–water partition coefficient (Wildman–Crippen LogP) is 1.54. The molecule has 0 aromatic heterocycles. The van der Waals surface area contributed by atoms with Crippen LogP contribution >= 0.6 is 0 Å². The van der Waals surface area contributed by atoms with Crippen molar-refractivity contribution in [3.63, 3.8) is 0 Å². The summed E-state index contributed by atoms with van der Waals surface area (Å²) in [5, 5.41) is 3.36. The van der Waals surface area contributed by atoms with Gasteiger partial charge in [0.05, 0.1) is 0 Å². The van der Waals surface area contributed by atoms with Gasteiger partial charge in [0.15, 0.2) is 8.80 Å². The molecule has 4 heteroatoms. The van der Waals surface area contributed by atoms with E-state index in [1.807, 2.05) is 19.9 Å². The summed E-state index contributed by atoms with van der Waals surface area (Å²) in [6.45, 7) is 10.2. The minimum absolute atomic E-state index is 0.456. The van der Waals surface area contributed by atoms with Gasteiger partial charge in [-0.3, -0.25) is 5.32 Å². The van der Waals surface area contributed by atoms with E-state index in [9.17, 15) is 0 Å². The van der Waals surface area contributed by atoms with Gasteiger partial charge in [0.25, 0.3) is 0 Å². The summed E-state index contributed by atoms with van der Waals surface area (Å²) >= 11 is 0. The highest BCUT2D eigenvalue weighted by Gasteiger charge is 2.45. The highest BCUT2D eigenvalue weighted by atomic mass is 28.3. The SMILES string of the molecule is C=CC[Si]1CCNC1(OCC)OCC. The van der Waals surface area contributed by atoms with Crippen molar-refractivity contribution in [2.75, 3.05) is 19.8 Å². The molecule has 3 nitrogen and oxygen atoms in total. The number of hydrogen-bond acceptors (Lipinski definition) is 3. The molecule has 1 fully saturated rings. The first-order chi connectivity index (χ1) is 6.79. The Kier molecular flexibility index (Phi) is 4.81. The first-order valence-corrected chi connectivity index (χ1v) is 7.19. The second-order valence-corrected chi connectivity index (χ2v) is 6.03. The van der Waals surface area contributed by atoms with E-state index in [1.54, 1.807) is 0 Å². The van der Waals surface area contributed by atoms with E-state index in [2.05, 4.69) is 11.9 Å². The molecule has 0 spiro atoms. The zero-order valence-electron chi connectivity index (χ0n) is 9.14. The van der Waals surface area contributed by atoms with Gasteiger partial charge in [0, 0.05) is 13.2 Å². The minimum Gasteiger partial charge on any atom is -0.342 e. The van der Waals surface area contributed by atoms with Gasteiger partial charge in [-0.25, -0.2) is 0 Å². The third kappa shape index (κ3) is 2.45. The standard InChI is InChI=1S/C10H20NO2Si/c1-4-8-14-9-7-11-10(14,12-5-2)13-6-3/h4,11H,1,5-9H2,2-3H3. The van der Waals surface area contributed by atoms with Crippen molar-refractivity contribution in [1.29, 1.82) is 0 Å². The van der Waals surface area contributed by atoms with E-state index in [-0.39, 0.29) is 0 Å². The maximum Gasteiger partial charge on any atom is 0.203 e. The van der Waals surface area contributed by atoms with Crippen molar-refractivity contribution in [3.8, 4) is 0 Å². The summed E-state index contributed by atoms with van der Waals surface area (Å²) in [4.78, 5) is 0. The lowest BCUT2D eigenvalue weighted by molar-refractivity contribution is -0.191. The molecule has 1 aliphatic rings. The maximum absolute atomic E-state index is 5.76. The molecule has 1 aliphatic heterocycles. The van der Waals surface area contributed by atoms with Gasteiger partial charge >= 0.3 is 0 Å².